The van der Waals surface area contributed by atoms with Gasteiger partial charge in [-0.15, -0.1) is 0 Å². The molecule has 1 amide bonds. The Morgan fingerprint density at radius 1 is 1.13 bits per heavy atom. The van der Waals surface area contributed by atoms with E-state index >= 15 is 0 Å². The predicted octanol–water partition coefficient (Wildman–Crippen LogP) is 3.28. The summed E-state index contributed by atoms with van der Waals surface area (Å²) in [7, 11) is -3.33. The highest BCUT2D eigenvalue weighted by Gasteiger charge is 2.59. The SMILES string of the molecule is CC1(C(=O)N2CC[C@H](NS(C)(=O)=O)C2)CC1c1ccccc1-c1c(F)cccc1F. The van der Waals surface area contributed by atoms with Crippen LogP contribution in [-0.4, -0.2) is 44.6 Å². The van der Waals surface area contributed by atoms with Crippen molar-refractivity contribution in [2.24, 2.45) is 5.41 Å². The molecule has 3 atom stereocenters. The fourth-order valence-corrected chi connectivity index (χ4v) is 5.34. The first-order valence-corrected chi connectivity index (χ1v) is 11.8. The van der Waals surface area contributed by atoms with E-state index < -0.39 is 27.1 Å². The zero-order chi connectivity index (χ0) is 21.7. The van der Waals surface area contributed by atoms with Gasteiger partial charge >= 0.3 is 0 Å². The summed E-state index contributed by atoms with van der Waals surface area (Å²) in [4.78, 5) is 14.9. The van der Waals surface area contributed by atoms with Crippen molar-refractivity contribution >= 4 is 15.9 Å². The van der Waals surface area contributed by atoms with Gasteiger partial charge < -0.3 is 4.90 Å². The van der Waals surface area contributed by atoms with Gasteiger partial charge in [0.1, 0.15) is 11.6 Å². The van der Waals surface area contributed by atoms with Crippen molar-refractivity contribution < 1.29 is 22.0 Å². The lowest BCUT2D eigenvalue weighted by atomic mass is 9.92. The molecule has 0 radical (unpaired) electrons. The number of nitrogens with one attached hydrogen (secondary N) is 1. The molecular weight excluding hydrogens is 410 g/mol. The van der Waals surface area contributed by atoms with Crippen LogP contribution in [0.15, 0.2) is 42.5 Å². The normalized spacial score (nSPS) is 26.1. The van der Waals surface area contributed by atoms with E-state index in [2.05, 4.69) is 4.72 Å². The Kier molecular flexibility index (Phi) is 5.18. The molecule has 0 bridgehead atoms. The third kappa shape index (κ3) is 3.86. The fourth-order valence-electron chi connectivity index (χ4n) is 4.54. The molecule has 4 rings (SSSR count). The minimum atomic E-state index is -3.33. The summed E-state index contributed by atoms with van der Waals surface area (Å²) < 4.78 is 54.3. The van der Waals surface area contributed by atoms with Crippen molar-refractivity contribution in [2.45, 2.75) is 31.7 Å². The molecule has 2 unspecified atom stereocenters. The van der Waals surface area contributed by atoms with Gasteiger partial charge in [-0.2, -0.15) is 0 Å². The summed E-state index contributed by atoms with van der Waals surface area (Å²) in [6, 6.07) is 10.5. The number of hydrogen-bond acceptors (Lipinski definition) is 3. The van der Waals surface area contributed by atoms with Gasteiger partial charge in [0.05, 0.1) is 17.2 Å². The third-order valence-corrected chi connectivity index (χ3v) is 6.91. The average molecular weight is 435 g/mol. The van der Waals surface area contributed by atoms with E-state index in [4.69, 9.17) is 0 Å². The van der Waals surface area contributed by atoms with Crippen molar-refractivity contribution in [2.75, 3.05) is 19.3 Å². The van der Waals surface area contributed by atoms with Gasteiger partial charge in [0, 0.05) is 19.1 Å². The maximum absolute atomic E-state index is 14.4. The molecule has 8 heteroatoms. The number of benzene rings is 2. The Balaban J connectivity index is 1.57. The summed E-state index contributed by atoms with van der Waals surface area (Å²) in [6.45, 7) is 2.68. The molecule has 0 aromatic heterocycles. The number of nitrogens with zero attached hydrogens (tertiary/aromatic N) is 1. The van der Waals surface area contributed by atoms with Crippen LogP contribution in [0, 0.1) is 17.0 Å². The summed E-state index contributed by atoms with van der Waals surface area (Å²) in [5.41, 5.74) is 0.473. The van der Waals surface area contributed by atoms with E-state index in [1.54, 1.807) is 17.0 Å². The summed E-state index contributed by atoms with van der Waals surface area (Å²) in [6.07, 6.45) is 2.25. The standard InChI is InChI=1S/C22H24F2N2O3S/c1-22(21(27)26-11-10-14(13-26)25-30(2,28)29)12-17(22)15-6-3-4-7-16(15)20-18(23)8-5-9-19(20)24/h3-9,14,17,25H,10-13H2,1-2H3/t14-,17?,22?/m0/s1. The van der Waals surface area contributed by atoms with Gasteiger partial charge in [-0.05, 0) is 42.0 Å². The van der Waals surface area contributed by atoms with Crippen LogP contribution in [0.25, 0.3) is 11.1 Å². The maximum Gasteiger partial charge on any atom is 0.229 e. The molecule has 1 aliphatic carbocycles. The average Bonchev–Trinajstić information content (AvgIpc) is 3.15. The lowest BCUT2D eigenvalue weighted by molar-refractivity contribution is -0.135. The number of sulfonamides is 1. The van der Waals surface area contributed by atoms with Crippen molar-refractivity contribution in [3.8, 4) is 11.1 Å². The number of hydrogen-bond donors (Lipinski definition) is 1. The van der Waals surface area contributed by atoms with Crippen molar-refractivity contribution in [1.82, 2.24) is 9.62 Å². The summed E-state index contributed by atoms with van der Waals surface area (Å²) >= 11 is 0. The molecule has 1 saturated heterocycles. The van der Waals surface area contributed by atoms with Crippen LogP contribution in [0.3, 0.4) is 0 Å². The lowest BCUT2D eigenvalue weighted by Gasteiger charge is -2.22. The number of amides is 1. The second-order valence-electron chi connectivity index (χ2n) is 8.48. The monoisotopic (exact) mass is 434 g/mol. The molecule has 1 heterocycles. The van der Waals surface area contributed by atoms with Crippen molar-refractivity contribution in [1.29, 1.82) is 0 Å². The van der Waals surface area contributed by atoms with E-state index in [0.29, 0.717) is 31.5 Å². The van der Waals surface area contributed by atoms with Gasteiger partial charge in [0.25, 0.3) is 0 Å². The molecule has 1 saturated carbocycles. The molecule has 1 aliphatic heterocycles. The van der Waals surface area contributed by atoms with E-state index in [1.807, 2.05) is 19.1 Å². The van der Waals surface area contributed by atoms with Crippen LogP contribution in [-0.2, 0) is 14.8 Å². The second kappa shape index (κ2) is 7.42. The summed E-state index contributed by atoms with van der Waals surface area (Å²) in [5, 5.41) is 0. The highest BCUT2D eigenvalue weighted by atomic mass is 32.2. The highest BCUT2D eigenvalue weighted by Crippen LogP contribution is 2.61. The van der Waals surface area contributed by atoms with Crippen molar-refractivity contribution in [3.05, 3.63) is 59.7 Å². The van der Waals surface area contributed by atoms with Gasteiger partial charge in [-0.1, -0.05) is 37.3 Å². The minimum absolute atomic E-state index is 0.0471. The van der Waals surface area contributed by atoms with E-state index in [0.717, 1.165) is 11.8 Å². The first-order valence-electron chi connectivity index (χ1n) is 9.90. The van der Waals surface area contributed by atoms with Crippen LogP contribution in [0.2, 0.25) is 0 Å². The number of likely N-dealkylation sites (tertiary alicyclic amines) is 1. The smallest absolute Gasteiger partial charge is 0.229 e. The molecule has 2 aromatic carbocycles. The van der Waals surface area contributed by atoms with E-state index in [1.165, 1.54) is 18.2 Å². The van der Waals surface area contributed by atoms with Crippen LogP contribution < -0.4 is 4.72 Å². The Bertz CT molecular complexity index is 1090. The fraction of sp³-hybridized carbons (Fsp3) is 0.409. The van der Waals surface area contributed by atoms with Gasteiger partial charge in [0.2, 0.25) is 15.9 Å². The highest BCUT2D eigenvalue weighted by molar-refractivity contribution is 7.88. The maximum atomic E-state index is 14.4. The number of halogens is 2. The van der Waals surface area contributed by atoms with E-state index in [9.17, 15) is 22.0 Å². The Hall–Kier alpha value is -2.32. The molecule has 0 spiro atoms. The Morgan fingerprint density at radius 2 is 1.80 bits per heavy atom. The molecule has 2 aromatic rings. The minimum Gasteiger partial charge on any atom is -0.341 e. The Morgan fingerprint density at radius 3 is 2.47 bits per heavy atom. The zero-order valence-corrected chi connectivity index (χ0v) is 17.7. The molecule has 160 valence electrons. The van der Waals surface area contributed by atoms with Crippen LogP contribution in [0.4, 0.5) is 8.78 Å². The molecule has 1 N–H and O–H groups in total. The van der Waals surface area contributed by atoms with Gasteiger partial charge in [-0.25, -0.2) is 21.9 Å². The first kappa shape index (κ1) is 20.9. The predicted molar refractivity (Wildman–Crippen MR) is 110 cm³/mol. The van der Waals surface area contributed by atoms with Crippen molar-refractivity contribution in [3.63, 3.8) is 0 Å². The molecule has 2 fully saturated rings. The van der Waals surface area contributed by atoms with Gasteiger partial charge in [0.15, 0.2) is 0 Å². The molecule has 2 aliphatic rings. The molecular formula is C22H24F2N2O3S. The first-order chi connectivity index (χ1) is 14.1. The van der Waals surface area contributed by atoms with Crippen LogP contribution in [0.5, 0.6) is 0 Å². The molecule has 5 nitrogen and oxygen atoms in total. The quantitative estimate of drug-likeness (QED) is 0.786. The zero-order valence-electron chi connectivity index (χ0n) is 16.9. The lowest BCUT2D eigenvalue weighted by Crippen LogP contribution is -2.40. The molecule has 30 heavy (non-hydrogen) atoms. The van der Waals surface area contributed by atoms with Gasteiger partial charge in [-0.3, -0.25) is 4.79 Å². The number of carbonyl (C=O) groups is 1. The summed E-state index contributed by atoms with van der Waals surface area (Å²) in [5.74, 6) is -1.47. The number of rotatable bonds is 5. The topological polar surface area (TPSA) is 66.5 Å². The van der Waals surface area contributed by atoms with Crippen LogP contribution >= 0.6 is 0 Å². The number of carbonyl (C=O) groups excluding carboxylic acids is 1. The Labute approximate surface area is 175 Å². The largest absolute Gasteiger partial charge is 0.341 e. The van der Waals surface area contributed by atoms with E-state index in [-0.39, 0.29) is 23.4 Å². The third-order valence-electron chi connectivity index (χ3n) is 6.15. The van der Waals surface area contributed by atoms with Crippen LogP contribution in [0.1, 0.15) is 31.2 Å². The second-order valence-corrected chi connectivity index (χ2v) is 10.3.